The van der Waals surface area contributed by atoms with Crippen molar-refractivity contribution >= 4 is 101 Å². The Hall–Kier alpha value is -4.17. The Balaban J connectivity index is 1.87. The second kappa shape index (κ2) is 9.78. The van der Waals surface area contributed by atoms with Crippen molar-refractivity contribution in [2.75, 3.05) is 0 Å². The zero-order valence-electron chi connectivity index (χ0n) is 24.0. The van der Waals surface area contributed by atoms with E-state index < -0.39 is 0 Å². The van der Waals surface area contributed by atoms with Gasteiger partial charge in [0.25, 0.3) is 0 Å². The minimum atomic E-state index is -0.0521. The number of phenols is 2. The quantitative estimate of drug-likeness (QED) is 0.164. The first kappa shape index (κ1) is 26.1. The van der Waals surface area contributed by atoms with Crippen molar-refractivity contribution in [2.45, 2.75) is 0 Å². The Labute approximate surface area is 240 Å². The van der Waals surface area contributed by atoms with Gasteiger partial charge in [0.15, 0.2) is 11.5 Å². The lowest BCUT2D eigenvalue weighted by molar-refractivity contribution is 0.410. The third kappa shape index (κ3) is 3.81. The van der Waals surface area contributed by atoms with Crippen LogP contribution in [0.1, 0.15) is 0 Å². The number of hydrogen-bond donors (Lipinski definition) is 2. The van der Waals surface area contributed by atoms with E-state index in [9.17, 15) is 10.2 Å². The topological polar surface area (TPSA) is 40.5 Å². The maximum atomic E-state index is 11.2. The highest BCUT2D eigenvalue weighted by molar-refractivity contribution is 6.68. The highest BCUT2D eigenvalue weighted by atomic mass is 16.3. The number of phenolic OH excluding ortho intramolecular Hbond substituents is 2. The third-order valence-corrected chi connectivity index (χ3v) is 8.97. The summed E-state index contributed by atoms with van der Waals surface area (Å²) in [5, 5.41) is 26.7. The lowest BCUT2D eigenvalue weighted by atomic mass is 9.61. The Kier molecular flexibility index (Phi) is 6.38. The molecule has 8 heteroatoms. The van der Waals surface area contributed by atoms with E-state index in [1.54, 1.807) is 0 Å². The number of fused-ring (bicyclic) bond motifs is 2. The van der Waals surface area contributed by atoms with Crippen molar-refractivity contribution in [3.63, 3.8) is 0 Å². The van der Waals surface area contributed by atoms with Gasteiger partial charge in [0.2, 0.25) is 0 Å². The molecule has 186 valence electrons. The minimum Gasteiger partial charge on any atom is -0.505 e. The van der Waals surface area contributed by atoms with Gasteiger partial charge in [-0.15, -0.1) is 10.9 Å². The van der Waals surface area contributed by atoms with Crippen molar-refractivity contribution in [3.05, 3.63) is 84.9 Å². The molecule has 40 heavy (non-hydrogen) atoms. The molecule has 6 aromatic rings. The first-order valence-electron chi connectivity index (χ1n) is 13.8. The highest BCUT2D eigenvalue weighted by Gasteiger charge is 2.26. The van der Waals surface area contributed by atoms with E-state index in [1.165, 1.54) is 38.2 Å². The molecular formula is C32H28B6O2. The second-order valence-electron chi connectivity index (χ2n) is 11.0. The predicted molar refractivity (Wildman–Crippen MR) is 190 cm³/mol. The van der Waals surface area contributed by atoms with Crippen LogP contribution in [0.15, 0.2) is 84.9 Å². The summed E-state index contributed by atoms with van der Waals surface area (Å²) in [6, 6.07) is 29.6. The molecule has 6 aromatic carbocycles. The Morgan fingerprint density at radius 1 is 0.325 bits per heavy atom. The molecule has 0 spiro atoms. The maximum Gasteiger partial charge on any atom is 0.150 e. The molecule has 0 aliphatic heterocycles. The van der Waals surface area contributed by atoms with Crippen LogP contribution in [0.5, 0.6) is 11.5 Å². The van der Waals surface area contributed by atoms with Crippen LogP contribution in [0.2, 0.25) is 0 Å². The molecule has 0 unspecified atom stereocenters. The molecule has 0 fully saturated rings. The smallest absolute Gasteiger partial charge is 0.150 e. The zero-order chi connectivity index (χ0) is 28.3. The van der Waals surface area contributed by atoms with Gasteiger partial charge in [-0.1, -0.05) is 95.9 Å². The SMILES string of the molecule is Bc1c(B)c(B)c2c(-c3ccc(-c4ccccc4)cc3)c3c(B)c(O)c(O)c(B)c3c(-c3ccccc3)c2c1B. The first-order chi connectivity index (χ1) is 19.2. The van der Waals surface area contributed by atoms with E-state index in [-0.39, 0.29) is 11.5 Å². The molecule has 0 saturated carbocycles. The molecule has 0 amide bonds. The molecule has 0 saturated heterocycles. The summed E-state index contributed by atoms with van der Waals surface area (Å²) in [5.41, 5.74) is 13.2. The maximum absolute atomic E-state index is 11.2. The summed E-state index contributed by atoms with van der Waals surface area (Å²) >= 11 is 0. The van der Waals surface area contributed by atoms with Crippen LogP contribution >= 0.6 is 0 Å². The van der Waals surface area contributed by atoms with Gasteiger partial charge in [0, 0.05) is 0 Å². The average molecular weight is 509 g/mol. The molecule has 0 heterocycles. The van der Waals surface area contributed by atoms with Crippen LogP contribution < -0.4 is 32.8 Å². The summed E-state index contributed by atoms with van der Waals surface area (Å²) in [6.07, 6.45) is 0. The standard InChI is InChI=1S/C32H28B6O2/c33-25-21-19(17-9-5-2-6-10-17)23-24(28(36)32(40)31(39)27(23)35)20(22(21)26(34)30(38)29(25)37)18-13-11-16(12-14-18)15-7-3-1-4-8-15/h1-14,39-40H,33-38H2. The number of benzene rings is 6. The lowest BCUT2D eigenvalue weighted by Gasteiger charge is -2.27. The average Bonchev–Trinajstić information content (AvgIpc) is 3.00. The van der Waals surface area contributed by atoms with E-state index in [1.807, 2.05) is 27.8 Å². The summed E-state index contributed by atoms with van der Waals surface area (Å²) in [5.74, 6) is -0.103. The van der Waals surface area contributed by atoms with Crippen LogP contribution in [-0.4, -0.2) is 57.3 Å². The van der Waals surface area contributed by atoms with E-state index in [0.29, 0.717) is 10.9 Å². The first-order valence-corrected chi connectivity index (χ1v) is 13.8. The fraction of sp³-hybridized carbons (Fsp3) is 0. The van der Waals surface area contributed by atoms with Gasteiger partial charge in [-0.2, -0.15) is 0 Å². The van der Waals surface area contributed by atoms with Gasteiger partial charge in [-0.3, -0.25) is 0 Å². The van der Waals surface area contributed by atoms with Gasteiger partial charge in [0.1, 0.15) is 47.1 Å². The van der Waals surface area contributed by atoms with Crippen LogP contribution in [-0.2, 0) is 0 Å². The Bertz CT molecular complexity index is 1870. The van der Waals surface area contributed by atoms with Gasteiger partial charge in [-0.25, -0.2) is 0 Å². The van der Waals surface area contributed by atoms with Crippen LogP contribution in [0, 0.1) is 0 Å². The lowest BCUT2D eigenvalue weighted by Crippen LogP contribution is -2.48. The Morgan fingerprint density at radius 2 is 0.625 bits per heavy atom. The second-order valence-corrected chi connectivity index (χ2v) is 11.0. The molecule has 6 rings (SSSR count). The molecule has 0 aromatic heterocycles. The Morgan fingerprint density at radius 3 is 1.05 bits per heavy atom. The summed E-state index contributed by atoms with van der Waals surface area (Å²) < 4.78 is 0. The highest BCUT2D eigenvalue weighted by Crippen LogP contribution is 2.43. The number of aromatic hydroxyl groups is 2. The van der Waals surface area contributed by atoms with Gasteiger partial charge in [0.05, 0.1) is 0 Å². The van der Waals surface area contributed by atoms with Crippen LogP contribution in [0.4, 0.5) is 0 Å². The normalized spacial score (nSPS) is 11.3. The molecule has 0 aliphatic rings. The number of rotatable bonds is 3. The molecule has 0 atom stereocenters. The third-order valence-electron chi connectivity index (χ3n) is 8.97. The van der Waals surface area contributed by atoms with Crippen molar-refractivity contribution in [1.82, 2.24) is 0 Å². The van der Waals surface area contributed by atoms with Crippen molar-refractivity contribution in [3.8, 4) is 44.9 Å². The van der Waals surface area contributed by atoms with Crippen LogP contribution in [0.25, 0.3) is 54.9 Å². The predicted octanol–water partition coefficient (Wildman–Crippen LogP) is -2.04. The molecule has 0 bridgehead atoms. The van der Waals surface area contributed by atoms with E-state index >= 15 is 0 Å². The van der Waals surface area contributed by atoms with Gasteiger partial charge < -0.3 is 10.2 Å². The van der Waals surface area contributed by atoms with Crippen LogP contribution in [0.3, 0.4) is 0 Å². The van der Waals surface area contributed by atoms with Crippen molar-refractivity contribution in [2.24, 2.45) is 0 Å². The molecular weight excluding hydrogens is 481 g/mol. The van der Waals surface area contributed by atoms with E-state index in [4.69, 9.17) is 0 Å². The van der Waals surface area contributed by atoms with Gasteiger partial charge >= 0.3 is 0 Å². The monoisotopic (exact) mass is 510 g/mol. The fourth-order valence-electron chi connectivity index (χ4n) is 6.42. The van der Waals surface area contributed by atoms with Gasteiger partial charge in [-0.05, 0) is 65.9 Å². The largest absolute Gasteiger partial charge is 0.505 e. The molecule has 0 radical (unpaired) electrons. The number of hydrogen-bond acceptors (Lipinski definition) is 2. The summed E-state index contributed by atoms with van der Waals surface area (Å²) in [7, 11) is 12.7. The van der Waals surface area contributed by atoms with Crippen molar-refractivity contribution in [1.29, 1.82) is 0 Å². The van der Waals surface area contributed by atoms with E-state index in [0.717, 1.165) is 38.6 Å². The minimum absolute atomic E-state index is 0.0508. The van der Waals surface area contributed by atoms with Crippen molar-refractivity contribution < 1.29 is 10.2 Å². The molecule has 0 aliphatic carbocycles. The summed E-state index contributed by atoms with van der Waals surface area (Å²) in [4.78, 5) is 0. The summed E-state index contributed by atoms with van der Waals surface area (Å²) in [6.45, 7) is 0. The zero-order valence-corrected chi connectivity index (χ0v) is 24.0. The fourth-order valence-corrected chi connectivity index (χ4v) is 6.42. The molecule has 2 nitrogen and oxygen atoms in total. The molecule has 2 N–H and O–H groups in total. The van der Waals surface area contributed by atoms with E-state index in [2.05, 4.69) is 104 Å².